The van der Waals surface area contributed by atoms with Gasteiger partial charge in [0.05, 0.1) is 7.11 Å². The number of aliphatic hydroxyl groups excluding tert-OH is 1. The molecule has 2 unspecified atom stereocenters. The van der Waals surface area contributed by atoms with E-state index < -0.39 is 0 Å². The minimum atomic E-state index is -0.0113. The van der Waals surface area contributed by atoms with Gasteiger partial charge in [-0.3, -0.25) is 4.79 Å². The second-order valence-electron chi connectivity index (χ2n) is 4.87. The molecule has 1 rings (SSSR count). The van der Waals surface area contributed by atoms with Crippen LogP contribution in [0.4, 0.5) is 0 Å². The van der Waals surface area contributed by atoms with Crippen LogP contribution in [-0.4, -0.2) is 30.8 Å². The lowest BCUT2D eigenvalue weighted by Gasteiger charge is -2.19. The zero-order valence-electron chi connectivity index (χ0n) is 11.8. The molecule has 0 aliphatic carbocycles. The fourth-order valence-electron chi connectivity index (χ4n) is 1.71. The molecule has 0 bridgehead atoms. The van der Waals surface area contributed by atoms with Crippen molar-refractivity contribution in [2.24, 2.45) is 5.92 Å². The number of benzene rings is 1. The molecule has 0 aromatic heterocycles. The highest BCUT2D eigenvalue weighted by Gasteiger charge is 2.13. The van der Waals surface area contributed by atoms with E-state index in [-0.39, 0.29) is 24.5 Å². The van der Waals surface area contributed by atoms with E-state index >= 15 is 0 Å². The first kappa shape index (κ1) is 15.5. The van der Waals surface area contributed by atoms with Crippen molar-refractivity contribution >= 4 is 5.91 Å². The molecule has 0 saturated heterocycles. The van der Waals surface area contributed by atoms with E-state index in [2.05, 4.69) is 5.32 Å². The van der Waals surface area contributed by atoms with Gasteiger partial charge in [0, 0.05) is 19.1 Å². The molecule has 0 heterocycles. The fraction of sp³-hybridized carbons (Fsp3) is 0.533. The molecule has 106 valence electrons. The van der Waals surface area contributed by atoms with Crippen LogP contribution in [0.5, 0.6) is 5.75 Å². The van der Waals surface area contributed by atoms with Crippen LogP contribution in [0.3, 0.4) is 0 Å². The number of amides is 1. The zero-order valence-corrected chi connectivity index (χ0v) is 11.8. The van der Waals surface area contributed by atoms with Gasteiger partial charge < -0.3 is 15.2 Å². The summed E-state index contributed by atoms with van der Waals surface area (Å²) >= 11 is 0. The van der Waals surface area contributed by atoms with Crippen LogP contribution in [0.15, 0.2) is 24.3 Å². The maximum Gasteiger partial charge on any atom is 0.220 e. The van der Waals surface area contributed by atoms with E-state index in [9.17, 15) is 4.79 Å². The minimum Gasteiger partial charge on any atom is -0.497 e. The summed E-state index contributed by atoms with van der Waals surface area (Å²) in [7, 11) is 1.63. The molecule has 2 atom stereocenters. The predicted molar refractivity (Wildman–Crippen MR) is 75.2 cm³/mol. The highest BCUT2D eigenvalue weighted by Crippen LogP contribution is 2.14. The first-order valence-electron chi connectivity index (χ1n) is 6.60. The lowest BCUT2D eigenvalue weighted by molar-refractivity contribution is -0.122. The van der Waals surface area contributed by atoms with Crippen LogP contribution in [0.25, 0.3) is 0 Å². The number of carbonyl (C=O) groups excluding carboxylic acids is 1. The topological polar surface area (TPSA) is 58.6 Å². The van der Waals surface area contributed by atoms with Crippen LogP contribution in [0.2, 0.25) is 0 Å². The Morgan fingerprint density at radius 1 is 1.42 bits per heavy atom. The van der Waals surface area contributed by atoms with Gasteiger partial charge in [0.1, 0.15) is 5.75 Å². The van der Waals surface area contributed by atoms with Gasteiger partial charge in [-0.1, -0.05) is 19.1 Å². The molecule has 0 spiro atoms. The third kappa shape index (κ3) is 5.30. The Labute approximate surface area is 114 Å². The molecule has 0 aliphatic rings. The standard InChI is InChI=1S/C15H23NO3/c1-11(10-17)12(2)16-15(18)8-7-13-5-4-6-14(9-13)19-3/h4-6,9,11-12,17H,7-8,10H2,1-3H3,(H,16,18). The van der Waals surface area contributed by atoms with Crippen molar-refractivity contribution < 1.29 is 14.6 Å². The van der Waals surface area contributed by atoms with Crippen molar-refractivity contribution in [1.82, 2.24) is 5.32 Å². The molecular weight excluding hydrogens is 242 g/mol. The summed E-state index contributed by atoms with van der Waals surface area (Å²) in [6.45, 7) is 3.90. The first-order chi connectivity index (χ1) is 9.06. The Kier molecular flexibility index (Phi) is 6.36. The van der Waals surface area contributed by atoms with Crippen molar-refractivity contribution in [3.05, 3.63) is 29.8 Å². The average Bonchev–Trinajstić information content (AvgIpc) is 2.44. The summed E-state index contributed by atoms with van der Waals surface area (Å²) in [6, 6.07) is 7.71. The number of hydrogen-bond donors (Lipinski definition) is 2. The summed E-state index contributed by atoms with van der Waals surface area (Å²) in [6.07, 6.45) is 1.12. The molecule has 0 saturated carbocycles. The zero-order chi connectivity index (χ0) is 14.3. The normalized spacial score (nSPS) is 13.7. The number of aliphatic hydroxyl groups is 1. The molecule has 0 fully saturated rings. The molecule has 1 aromatic carbocycles. The summed E-state index contributed by atoms with van der Waals surface area (Å²) < 4.78 is 5.14. The number of carbonyl (C=O) groups is 1. The molecule has 4 heteroatoms. The second kappa shape index (κ2) is 7.79. The molecule has 1 aromatic rings. The van der Waals surface area contributed by atoms with Crippen molar-refractivity contribution in [2.45, 2.75) is 32.7 Å². The van der Waals surface area contributed by atoms with Crippen molar-refractivity contribution in [3.8, 4) is 5.75 Å². The van der Waals surface area contributed by atoms with Crippen molar-refractivity contribution in [1.29, 1.82) is 0 Å². The van der Waals surface area contributed by atoms with Gasteiger partial charge in [0.2, 0.25) is 5.91 Å². The van der Waals surface area contributed by atoms with Gasteiger partial charge in [0.15, 0.2) is 0 Å². The number of methoxy groups -OCH3 is 1. The lowest BCUT2D eigenvalue weighted by atomic mass is 10.0. The third-order valence-electron chi connectivity index (χ3n) is 3.31. The Morgan fingerprint density at radius 3 is 2.79 bits per heavy atom. The molecule has 0 radical (unpaired) electrons. The van der Waals surface area contributed by atoms with Gasteiger partial charge in [0.25, 0.3) is 0 Å². The molecule has 2 N–H and O–H groups in total. The van der Waals surface area contributed by atoms with Crippen LogP contribution in [0, 0.1) is 5.92 Å². The number of rotatable bonds is 7. The summed E-state index contributed by atoms with van der Waals surface area (Å²) in [5.74, 6) is 0.886. The maximum atomic E-state index is 11.8. The largest absolute Gasteiger partial charge is 0.497 e. The van der Waals surface area contributed by atoms with Gasteiger partial charge in [-0.25, -0.2) is 0 Å². The predicted octanol–water partition coefficient (Wildman–Crippen LogP) is 1.76. The van der Waals surface area contributed by atoms with E-state index in [1.807, 2.05) is 38.1 Å². The number of aryl methyl sites for hydroxylation is 1. The maximum absolute atomic E-state index is 11.8. The van der Waals surface area contributed by atoms with Gasteiger partial charge in [-0.2, -0.15) is 0 Å². The Hall–Kier alpha value is -1.55. The lowest BCUT2D eigenvalue weighted by Crippen LogP contribution is -2.38. The Balaban J connectivity index is 2.41. The summed E-state index contributed by atoms with van der Waals surface area (Å²) in [4.78, 5) is 11.8. The molecule has 0 aliphatic heterocycles. The fourth-order valence-corrected chi connectivity index (χ4v) is 1.71. The Morgan fingerprint density at radius 2 is 2.16 bits per heavy atom. The van der Waals surface area contributed by atoms with Crippen molar-refractivity contribution in [3.63, 3.8) is 0 Å². The molecule has 4 nitrogen and oxygen atoms in total. The van der Waals surface area contributed by atoms with E-state index in [1.54, 1.807) is 7.11 Å². The minimum absolute atomic E-state index is 0.00983. The van der Waals surface area contributed by atoms with Crippen LogP contribution >= 0.6 is 0 Å². The highest BCUT2D eigenvalue weighted by molar-refractivity contribution is 5.76. The van der Waals surface area contributed by atoms with E-state index in [0.29, 0.717) is 12.8 Å². The highest BCUT2D eigenvalue weighted by atomic mass is 16.5. The second-order valence-corrected chi connectivity index (χ2v) is 4.87. The first-order valence-corrected chi connectivity index (χ1v) is 6.60. The van der Waals surface area contributed by atoms with Gasteiger partial charge in [-0.05, 0) is 37.0 Å². The van der Waals surface area contributed by atoms with Crippen molar-refractivity contribution in [2.75, 3.05) is 13.7 Å². The van der Waals surface area contributed by atoms with Crippen LogP contribution in [-0.2, 0) is 11.2 Å². The third-order valence-corrected chi connectivity index (χ3v) is 3.31. The SMILES string of the molecule is COc1cccc(CCC(=O)NC(C)C(C)CO)c1. The number of hydrogen-bond acceptors (Lipinski definition) is 3. The molecular formula is C15H23NO3. The average molecular weight is 265 g/mol. The monoisotopic (exact) mass is 265 g/mol. The smallest absolute Gasteiger partial charge is 0.220 e. The summed E-state index contributed by atoms with van der Waals surface area (Å²) in [5, 5.41) is 11.9. The van der Waals surface area contributed by atoms with E-state index in [0.717, 1.165) is 11.3 Å². The molecule has 1 amide bonds. The van der Waals surface area contributed by atoms with Crippen LogP contribution in [0.1, 0.15) is 25.8 Å². The molecule has 19 heavy (non-hydrogen) atoms. The van der Waals surface area contributed by atoms with Gasteiger partial charge in [-0.15, -0.1) is 0 Å². The summed E-state index contributed by atoms with van der Waals surface area (Å²) in [5.41, 5.74) is 1.08. The van der Waals surface area contributed by atoms with Gasteiger partial charge >= 0.3 is 0 Å². The van der Waals surface area contributed by atoms with Crippen LogP contribution < -0.4 is 10.1 Å². The number of nitrogens with one attached hydrogen (secondary N) is 1. The van der Waals surface area contributed by atoms with E-state index in [1.165, 1.54) is 0 Å². The van der Waals surface area contributed by atoms with E-state index in [4.69, 9.17) is 9.84 Å². The number of ether oxygens (including phenoxy) is 1. The quantitative estimate of drug-likeness (QED) is 0.790. The Bertz CT molecular complexity index is 406.